The molecule has 1 saturated heterocycles. The second-order valence-corrected chi connectivity index (χ2v) is 3.15. The van der Waals surface area contributed by atoms with E-state index in [9.17, 15) is 4.79 Å². The minimum Gasteiger partial charge on any atom is -0.384 e. The minimum atomic E-state index is -0.420. The van der Waals surface area contributed by atoms with E-state index in [0.29, 0.717) is 5.82 Å². The summed E-state index contributed by atoms with van der Waals surface area (Å²) in [5.74, 6) is -0.124. The van der Waals surface area contributed by atoms with Crippen LogP contribution in [0.25, 0.3) is 0 Å². The summed E-state index contributed by atoms with van der Waals surface area (Å²) >= 11 is 0. The fourth-order valence-corrected chi connectivity index (χ4v) is 1.47. The number of nitriles is 1. The van der Waals surface area contributed by atoms with Gasteiger partial charge in [0.05, 0.1) is 0 Å². The van der Waals surface area contributed by atoms with E-state index in [1.165, 1.54) is 7.05 Å². The normalized spacial score (nSPS) is 17.3. The topological polar surface area (TPSA) is 82.1 Å². The zero-order chi connectivity index (χ0) is 10.6. The fourth-order valence-electron chi connectivity index (χ4n) is 1.47. The maximum absolute atomic E-state index is 11.2. The van der Waals surface area contributed by atoms with Crippen molar-refractivity contribution in [1.29, 1.82) is 5.26 Å². The smallest absolute Gasteiger partial charge is 0.265 e. The highest BCUT2D eigenvalue weighted by molar-refractivity contribution is 5.97. The third-order valence-corrected chi connectivity index (χ3v) is 2.27. The van der Waals surface area contributed by atoms with E-state index < -0.39 is 5.91 Å². The van der Waals surface area contributed by atoms with Crippen molar-refractivity contribution in [2.45, 2.75) is 12.8 Å². The number of nitrogens with zero attached hydrogens (tertiary/aromatic N) is 2. The minimum absolute atomic E-state index is 0.00870. The molecule has 14 heavy (non-hydrogen) atoms. The second-order valence-electron chi connectivity index (χ2n) is 3.15. The molecule has 3 N–H and O–H groups in total. The molecule has 0 saturated carbocycles. The second kappa shape index (κ2) is 4.51. The number of hydrogen-bond donors (Lipinski definition) is 2. The van der Waals surface area contributed by atoms with Gasteiger partial charge in [0.1, 0.15) is 11.9 Å². The Bertz CT molecular complexity index is 296. The molecule has 1 aliphatic heterocycles. The van der Waals surface area contributed by atoms with Crippen LogP contribution < -0.4 is 11.1 Å². The Balaban J connectivity index is 2.87. The zero-order valence-electron chi connectivity index (χ0n) is 8.21. The molecule has 0 unspecified atom stereocenters. The number of carbonyl (C=O) groups excluding carboxylic acids is 1. The first-order valence-electron chi connectivity index (χ1n) is 4.57. The standard InChI is InChI=1S/C9H14N4O/c1-12-9(14)7(6-10)8(11)13-4-2-3-5-13/h2-5,11H2,1H3,(H,12,14)/b8-7-. The van der Waals surface area contributed by atoms with E-state index in [-0.39, 0.29) is 5.57 Å². The lowest BCUT2D eigenvalue weighted by Crippen LogP contribution is -2.31. The molecule has 1 fully saturated rings. The summed E-state index contributed by atoms with van der Waals surface area (Å²) in [5, 5.41) is 11.2. The molecule has 0 aromatic carbocycles. The molecule has 5 nitrogen and oxygen atoms in total. The van der Waals surface area contributed by atoms with Crippen LogP contribution in [-0.2, 0) is 4.79 Å². The Morgan fingerprint density at radius 1 is 1.50 bits per heavy atom. The monoisotopic (exact) mass is 194 g/mol. The lowest BCUT2D eigenvalue weighted by atomic mass is 10.2. The van der Waals surface area contributed by atoms with Gasteiger partial charge in [-0.3, -0.25) is 4.79 Å². The molecule has 1 amide bonds. The number of nitrogens with one attached hydrogen (secondary N) is 1. The Morgan fingerprint density at radius 3 is 2.50 bits per heavy atom. The summed E-state index contributed by atoms with van der Waals surface area (Å²) in [6, 6.07) is 1.83. The quantitative estimate of drug-likeness (QED) is 0.459. The summed E-state index contributed by atoms with van der Waals surface area (Å²) in [5.41, 5.74) is 5.74. The number of rotatable bonds is 2. The molecule has 0 spiro atoms. The molecule has 5 heteroatoms. The molecule has 1 rings (SSSR count). The molecular weight excluding hydrogens is 180 g/mol. The number of likely N-dealkylation sites (tertiary alicyclic amines) is 1. The van der Waals surface area contributed by atoms with E-state index in [1.54, 1.807) is 0 Å². The van der Waals surface area contributed by atoms with Crippen LogP contribution in [0.3, 0.4) is 0 Å². The van der Waals surface area contributed by atoms with E-state index >= 15 is 0 Å². The molecule has 0 radical (unpaired) electrons. The molecule has 0 aromatic rings. The SMILES string of the molecule is CNC(=O)/C(C#N)=C(/N)N1CCCC1. The molecular formula is C9H14N4O. The molecule has 0 aliphatic carbocycles. The van der Waals surface area contributed by atoms with Crippen LogP contribution in [0.2, 0.25) is 0 Å². The first-order valence-corrected chi connectivity index (χ1v) is 4.57. The summed E-state index contributed by atoms with van der Waals surface area (Å²) in [6.07, 6.45) is 2.13. The Kier molecular flexibility index (Phi) is 3.35. The van der Waals surface area contributed by atoms with Crippen LogP contribution in [0.4, 0.5) is 0 Å². The van der Waals surface area contributed by atoms with E-state index in [4.69, 9.17) is 11.0 Å². The van der Waals surface area contributed by atoms with Crippen molar-refractivity contribution in [3.8, 4) is 6.07 Å². The highest BCUT2D eigenvalue weighted by Crippen LogP contribution is 2.13. The number of nitrogens with two attached hydrogens (primary N) is 1. The van der Waals surface area contributed by atoms with Gasteiger partial charge in [-0.05, 0) is 12.8 Å². The molecule has 1 aliphatic rings. The van der Waals surface area contributed by atoms with Gasteiger partial charge in [-0.1, -0.05) is 0 Å². The average molecular weight is 194 g/mol. The van der Waals surface area contributed by atoms with Crippen LogP contribution in [0, 0.1) is 11.3 Å². The van der Waals surface area contributed by atoms with E-state index in [2.05, 4.69) is 5.32 Å². The molecule has 0 aromatic heterocycles. The van der Waals surface area contributed by atoms with Gasteiger partial charge in [0, 0.05) is 20.1 Å². The van der Waals surface area contributed by atoms with Crippen molar-refractivity contribution in [1.82, 2.24) is 10.2 Å². The van der Waals surface area contributed by atoms with E-state index in [0.717, 1.165) is 25.9 Å². The number of amides is 1. The Labute approximate surface area is 83.2 Å². The van der Waals surface area contributed by atoms with Gasteiger partial charge in [0.2, 0.25) is 0 Å². The number of hydrogen-bond acceptors (Lipinski definition) is 4. The van der Waals surface area contributed by atoms with Crippen LogP contribution in [0.5, 0.6) is 0 Å². The summed E-state index contributed by atoms with van der Waals surface area (Å²) in [7, 11) is 1.48. The van der Waals surface area contributed by atoms with Crippen molar-refractivity contribution >= 4 is 5.91 Å². The van der Waals surface area contributed by atoms with Crippen molar-refractivity contribution < 1.29 is 4.79 Å². The van der Waals surface area contributed by atoms with Gasteiger partial charge in [0.15, 0.2) is 5.57 Å². The molecule has 76 valence electrons. The van der Waals surface area contributed by atoms with Crippen molar-refractivity contribution in [2.24, 2.45) is 5.73 Å². The molecule has 0 atom stereocenters. The molecule has 1 heterocycles. The van der Waals surface area contributed by atoms with Crippen molar-refractivity contribution in [3.63, 3.8) is 0 Å². The van der Waals surface area contributed by atoms with Gasteiger partial charge in [-0.2, -0.15) is 5.26 Å². The largest absolute Gasteiger partial charge is 0.384 e. The van der Waals surface area contributed by atoms with Crippen LogP contribution in [0.15, 0.2) is 11.4 Å². The summed E-state index contributed by atoms with van der Waals surface area (Å²) < 4.78 is 0. The van der Waals surface area contributed by atoms with Crippen LogP contribution in [0.1, 0.15) is 12.8 Å². The lowest BCUT2D eigenvalue weighted by molar-refractivity contribution is -0.116. The predicted octanol–water partition coefficient (Wildman–Crippen LogP) is -0.478. The first-order chi connectivity index (χ1) is 6.70. The Hall–Kier alpha value is -1.70. The highest BCUT2D eigenvalue weighted by atomic mass is 16.1. The predicted molar refractivity (Wildman–Crippen MR) is 51.7 cm³/mol. The van der Waals surface area contributed by atoms with Gasteiger partial charge < -0.3 is 16.0 Å². The maximum atomic E-state index is 11.2. The van der Waals surface area contributed by atoms with E-state index in [1.807, 2.05) is 11.0 Å². The van der Waals surface area contributed by atoms with Gasteiger partial charge in [0.25, 0.3) is 5.91 Å². The van der Waals surface area contributed by atoms with Gasteiger partial charge in [-0.25, -0.2) is 0 Å². The summed E-state index contributed by atoms with van der Waals surface area (Å²) in [4.78, 5) is 13.1. The van der Waals surface area contributed by atoms with Crippen molar-refractivity contribution in [3.05, 3.63) is 11.4 Å². The fraction of sp³-hybridized carbons (Fsp3) is 0.556. The van der Waals surface area contributed by atoms with Gasteiger partial charge >= 0.3 is 0 Å². The van der Waals surface area contributed by atoms with Crippen LogP contribution >= 0.6 is 0 Å². The average Bonchev–Trinajstić information content (AvgIpc) is 2.71. The third-order valence-electron chi connectivity index (χ3n) is 2.27. The number of likely N-dealkylation sites (N-methyl/N-ethyl adjacent to an activating group) is 1. The van der Waals surface area contributed by atoms with Crippen molar-refractivity contribution in [2.75, 3.05) is 20.1 Å². The van der Waals surface area contributed by atoms with Gasteiger partial charge in [-0.15, -0.1) is 0 Å². The maximum Gasteiger partial charge on any atom is 0.265 e. The third kappa shape index (κ3) is 1.96. The van der Waals surface area contributed by atoms with Crippen LogP contribution in [-0.4, -0.2) is 30.9 Å². The lowest BCUT2D eigenvalue weighted by Gasteiger charge is -2.18. The molecule has 0 bridgehead atoms. The highest BCUT2D eigenvalue weighted by Gasteiger charge is 2.19. The zero-order valence-corrected chi connectivity index (χ0v) is 8.21. The Morgan fingerprint density at radius 2 is 2.07 bits per heavy atom. The summed E-state index contributed by atoms with van der Waals surface area (Å²) in [6.45, 7) is 1.65. The first kappa shape index (κ1) is 10.4. The number of carbonyl (C=O) groups is 1.